The maximum atomic E-state index is 12.7. The summed E-state index contributed by atoms with van der Waals surface area (Å²) in [6, 6.07) is 13.5. The van der Waals surface area contributed by atoms with Gasteiger partial charge in [0.25, 0.3) is 5.91 Å². The maximum Gasteiger partial charge on any atom is 0.255 e. The van der Waals surface area contributed by atoms with Gasteiger partial charge in [-0.3, -0.25) is 19.2 Å². The molecular formula is C22H28N4O4S. The molecule has 1 atom stereocenters. The number of amides is 2. The molecule has 2 amide bonds. The average molecular weight is 445 g/mol. The van der Waals surface area contributed by atoms with Crippen molar-refractivity contribution in [1.29, 1.82) is 0 Å². The summed E-state index contributed by atoms with van der Waals surface area (Å²) < 4.78 is 26.4. The maximum absolute atomic E-state index is 12.7. The number of hydrogen-bond acceptors (Lipinski definition) is 5. The van der Waals surface area contributed by atoms with Crippen LogP contribution in [0.25, 0.3) is 0 Å². The molecule has 9 heteroatoms. The van der Waals surface area contributed by atoms with E-state index in [1.165, 1.54) is 6.07 Å². The Hall–Kier alpha value is -2.91. The number of hydrogen-bond donors (Lipinski definition) is 3. The van der Waals surface area contributed by atoms with Gasteiger partial charge in [0, 0.05) is 23.5 Å². The van der Waals surface area contributed by atoms with E-state index in [2.05, 4.69) is 14.9 Å². The summed E-state index contributed by atoms with van der Waals surface area (Å²) in [5.41, 5.74) is 7.76. The smallest absolute Gasteiger partial charge is 0.255 e. The van der Waals surface area contributed by atoms with E-state index in [1.54, 1.807) is 31.2 Å². The van der Waals surface area contributed by atoms with Crippen molar-refractivity contribution in [3.63, 3.8) is 0 Å². The van der Waals surface area contributed by atoms with E-state index in [1.807, 2.05) is 18.2 Å². The number of primary amides is 1. The quantitative estimate of drug-likeness (QED) is 0.549. The number of benzene rings is 2. The zero-order valence-corrected chi connectivity index (χ0v) is 18.3. The topological polar surface area (TPSA) is 122 Å². The van der Waals surface area contributed by atoms with Gasteiger partial charge in [-0.2, -0.15) is 0 Å². The molecule has 4 N–H and O–H groups in total. The predicted octanol–water partition coefficient (Wildman–Crippen LogP) is 2.54. The van der Waals surface area contributed by atoms with Crippen molar-refractivity contribution in [2.75, 3.05) is 22.3 Å². The summed E-state index contributed by atoms with van der Waals surface area (Å²) in [6.45, 7) is 3.17. The summed E-state index contributed by atoms with van der Waals surface area (Å²) in [7, 11) is -3.43. The van der Waals surface area contributed by atoms with Crippen LogP contribution in [0.5, 0.6) is 0 Å². The van der Waals surface area contributed by atoms with Gasteiger partial charge < -0.3 is 11.1 Å². The molecule has 0 aliphatic carbocycles. The minimum Gasteiger partial charge on any atom is -0.368 e. The molecule has 8 nitrogen and oxygen atoms in total. The van der Waals surface area contributed by atoms with Crippen LogP contribution in [0.3, 0.4) is 0 Å². The Morgan fingerprint density at radius 1 is 1.13 bits per heavy atom. The highest BCUT2D eigenvalue weighted by Crippen LogP contribution is 2.22. The number of likely N-dealkylation sites (tertiary alicyclic amines) is 1. The van der Waals surface area contributed by atoms with Gasteiger partial charge >= 0.3 is 0 Å². The first kappa shape index (κ1) is 22.8. The molecule has 1 unspecified atom stereocenters. The summed E-state index contributed by atoms with van der Waals surface area (Å²) in [5, 5.41) is 2.85. The van der Waals surface area contributed by atoms with Crippen molar-refractivity contribution in [3.05, 3.63) is 59.7 Å². The van der Waals surface area contributed by atoms with Crippen LogP contribution in [0.4, 0.5) is 11.4 Å². The number of carbonyl (C=O) groups excluding carboxylic acids is 2. The molecule has 166 valence electrons. The molecule has 2 aromatic rings. The SMILES string of the molecule is CCCS(=O)(=O)Nc1cccc(C(=O)Nc2cccc(CN3CCCC3C(N)=O)c2)c1. The fraction of sp³-hybridized carbons (Fsp3) is 0.364. The van der Waals surface area contributed by atoms with Crippen LogP contribution in [-0.2, 0) is 21.4 Å². The van der Waals surface area contributed by atoms with E-state index in [0.717, 1.165) is 24.9 Å². The van der Waals surface area contributed by atoms with Crippen molar-refractivity contribution in [3.8, 4) is 0 Å². The first-order valence-corrected chi connectivity index (χ1v) is 12.0. The predicted molar refractivity (Wildman–Crippen MR) is 121 cm³/mol. The zero-order valence-electron chi connectivity index (χ0n) is 17.5. The van der Waals surface area contributed by atoms with Crippen molar-refractivity contribution in [2.45, 2.75) is 38.8 Å². The third kappa shape index (κ3) is 6.28. The van der Waals surface area contributed by atoms with E-state index >= 15 is 0 Å². The summed E-state index contributed by atoms with van der Waals surface area (Å²) in [5.74, 6) is -0.634. The molecule has 3 rings (SSSR count). The van der Waals surface area contributed by atoms with Gasteiger partial charge in [-0.25, -0.2) is 8.42 Å². The highest BCUT2D eigenvalue weighted by atomic mass is 32.2. The fourth-order valence-electron chi connectivity index (χ4n) is 3.75. The molecule has 1 saturated heterocycles. The van der Waals surface area contributed by atoms with E-state index in [0.29, 0.717) is 29.9 Å². The third-order valence-electron chi connectivity index (χ3n) is 5.13. The zero-order chi connectivity index (χ0) is 22.4. The van der Waals surface area contributed by atoms with Crippen molar-refractivity contribution in [1.82, 2.24) is 4.90 Å². The van der Waals surface area contributed by atoms with Crippen molar-refractivity contribution < 1.29 is 18.0 Å². The van der Waals surface area contributed by atoms with E-state index in [9.17, 15) is 18.0 Å². The molecule has 0 radical (unpaired) electrons. The van der Waals surface area contributed by atoms with Gasteiger partial charge in [-0.15, -0.1) is 0 Å². The van der Waals surface area contributed by atoms with E-state index < -0.39 is 10.0 Å². The molecule has 0 saturated carbocycles. The summed E-state index contributed by atoms with van der Waals surface area (Å²) >= 11 is 0. The monoisotopic (exact) mass is 444 g/mol. The number of nitrogens with one attached hydrogen (secondary N) is 2. The Bertz CT molecular complexity index is 1050. The van der Waals surface area contributed by atoms with Crippen LogP contribution in [-0.4, -0.2) is 43.5 Å². The fourth-order valence-corrected chi connectivity index (χ4v) is 4.87. The van der Waals surface area contributed by atoms with Crippen molar-refractivity contribution in [2.24, 2.45) is 5.73 Å². The van der Waals surface area contributed by atoms with Gasteiger partial charge in [0.2, 0.25) is 15.9 Å². The largest absolute Gasteiger partial charge is 0.368 e. The van der Waals surface area contributed by atoms with Crippen LogP contribution < -0.4 is 15.8 Å². The normalized spacial score (nSPS) is 16.7. The number of rotatable bonds is 9. The van der Waals surface area contributed by atoms with Gasteiger partial charge in [0.05, 0.1) is 11.8 Å². The van der Waals surface area contributed by atoms with E-state index in [4.69, 9.17) is 5.73 Å². The molecular weight excluding hydrogens is 416 g/mol. The Morgan fingerprint density at radius 3 is 2.61 bits per heavy atom. The third-order valence-corrected chi connectivity index (χ3v) is 6.63. The second-order valence-electron chi connectivity index (χ2n) is 7.69. The number of carbonyl (C=O) groups is 2. The van der Waals surface area contributed by atoms with E-state index in [-0.39, 0.29) is 23.6 Å². The number of sulfonamides is 1. The molecule has 0 bridgehead atoms. The minimum atomic E-state index is -3.43. The first-order valence-electron chi connectivity index (χ1n) is 10.3. The summed E-state index contributed by atoms with van der Waals surface area (Å²) in [4.78, 5) is 26.3. The Labute approximate surface area is 182 Å². The second kappa shape index (κ2) is 9.93. The summed E-state index contributed by atoms with van der Waals surface area (Å²) in [6.07, 6.45) is 2.20. The van der Waals surface area contributed by atoms with Gasteiger partial charge in [0.1, 0.15) is 0 Å². The standard InChI is InChI=1S/C22H28N4O4S/c1-2-12-31(29,30)25-19-9-4-7-17(14-19)22(28)24-18-8-3-6-16(13-18)15-26-11-5-10-20(26)21(23)27/h3-4,6-9,13-14,20,25H,2,5,10-12,15H2,1H3,(H2,23,27)(H,24,28). The second-order valence-corrected chi connectivity index (χ2v) is 9.53. The highest BCUT2D eigenvalue weighted by molar-refractivity contribution is 7.92. The Kier molecular flexibility index (Phi) is 7.29. The molecule has 1 aliphatic rings. The Balaban J connectivity index is 1.68. The lowest BCUT2D eigenvalue weighted by Gasteiger charge is -2.22. The lowest BCUT2D eigenvalue weighted by Crippen LogP contribution is -2.39. The molecule has 31 heavy (non-hydrogen) atoms. The molecule has 2 aromatic carbocycles. The number of nitrogens with two attached hydrogens (primary N) is 1. The first-order chi connectivity index (χ1) is 14.8. The van der Waals surface area contributed by atoms with Crippen molar-refractivity contribution >= 4 is 33.2 Å². The van der Waals surface area contributed by atoms with Gasteiger partial charge in [0.15, 0.2) is 0 Å². The molecule has 1 heterocycles. The minimum absolute atomic E-state index is 0.0177. The van der Waals surface area contributed by atoms with Crippen LogP contribution in [0.2, 0.25) is 0 Å². The molecule has 1 aliphatic heterocycles. The van der Waals surface area contributed by atoms with Crippen LogP contribution >= 0.6 is 0 Å². The number of nitrogens with zero attached hydrogens (tertiary/aromatic N) is 1. The van der Waals surface area contributed by atoms with Crippen LogP contribution in [0.15, 0.2) is 48.5 Å². The average Bonchev–Trinajstić information content (AvgIpc) is 3.16. The molecule has 1 fully saturated rings. The van der Waals surface area contributed by atoms with Gasteiger partial charge in [-0.05, 0) is 61.7 Å². The number of anilines is 2. The highest BCUT2D eigenvalue weighted by Gasteiger charge is 2.28. The molecule has 0 aromatic heterocycles. The lowest BCUT2D eigenvalue weighted by atomic mass is 10.1. The van der Waals surface area contributed by atoms with Gasteiger partial charge in [-0.1, -0.05) is 25.1 Å². The van der Waals surface area contributed by atoms with Crippen LogP contribution in [0.1, 0.15) is 42.1 Å². The molecule has 0 spiro atoms. The van der Waals surface area contributed by atoms with Crippen LogP contribution in [0, 0.1) is 0 Å². The Morgan fingerprint density at radius 2 is 1.87 bits per heavy atom. The lowest BCUT2D eigenvalue weighted by molar-refractivity contribution is -0.122.